The Labute approximate surface area is 78.2 Å². The van der Waals surface area contributed by atoms with E-state index < -0.39 is 0 Å². The van der Waals surface area contributed by atoms with Crippen LogP contribution >= 0.6 is 0 Å². The highest BCUT2D eigenvalue weighted by Crippen LogP contribution is 2.08. The van der Waals surface area contributed by atoms with Gasteiger partial charge in [-0.3, -0.25) is 0 Å². The molecule has 0 bridgehead atoms. The monoisotopic (exact) mass is 174 g/mol. The fourth-order valence-electron chi connectivity index (χ4n) is 1.48. The molecule has 0 amide bonds. The number of hydrogen-bond acceptors (Lipinski definition) is 1. The van der Waals surface area contributed by atoms with Crippen molar-refractivity contribution < 1.29 is 0 Å². The van der Waals surface area contributed by atoms with Gasteiger partial charge >= 0.3 is 0 Å². The summed E-state index contributed by atoms with van der Waals surface area (Å²) in [5.41, 5.74) is 2.60. The van der Waals surface area contributed by atoms with Crippen LogP contribution in [0.1, 0.15) is 12.5 Å². The average molecular weight is 174 g/mol. The van der Waals surface area contributed by atoms with E-state index in [1.54, 1.807) is 0 Å². The Morgan fingerprint density at radius 3 is 3.08 bits per heavy atom. The zero-order chi connectivity index (χ0) is 9.10. The van der Waals surface area contributed by atoms with E-state index in [1.165, 1.54) is 11.1 Å². The van der Waals surface area contributed by atoms with Crippen molar-refractivity contribution in [3.05, 3.63) is 42.2 Å². The van der Waals surface area contributed by atoms with E-state index in [2.05, 4.69) is 47.2 Å². The van der Waals surface area contributed by atoms with Crippen molar-refractivity contribution in [2.24, 2.45) is 0 Å². The first-order valence-electron chi connectivity index (χ1n) is 4.66. The molecule has 2 heteroatoms. The van der Waals surface area contributed by atoms with Crippen LogP contribution in [-0.4, -0.2) is 10.9 Å². The fourth-order valence-corrected chi connectivity index (χ4v) is 1.48. The first kappa shape index (κ1) is 8.32. The molecule has 0 saturated heterocycles. The van der Waals surface area contributed by atoms with E-state index in [9.17, 15) is 0 Å². The van der Waals surface area contributed by atoms with Crippen molar-refractivity contribution in [3.8, 4) is 0 Å². The number of aromatic nitrogens is 1. The predicted molar refractivity (Wildman–Crippen MR) is 54.8 cm³/mol. The van der Waals surface area contributed by atoms with Gasteiger partial charge in [0.05, 0.1) is 0 Å². The fraction of sp³-hybridized carbons (Fsp3) is 0.273. The second-order valence-electron chi connectivity index (χ2n) is 3.16. The van der Waals surface area contributed by atoms with Gasteiger partial charge in [0.1, 0.15) is 0 Å². The van der Waals surface area contributed by atoms with Crippen LogP contribution in [0.4, 0.5) is 0 Å². The molecular formula is C11H14N2. The molecule has 13 heavy (non-hydrogen) atoms. The summed E-state index contributed by atoms with van der Waals surface area (Å²) in [6, 6.07) is 8.44. The van der Waals surface area contributed by atoms with Crippen LogP contribution in [0.2, 0.25) is 0 Å². The molecule has 0 aliphatic heterocycles. The largest absolute Gasteiger partial charge is 0.324 e. The van der Waals surface area contributed by atoms with Gasteiger partial charge in [0.25, 0.3) is 0 Å². The number of nitrogens with one attached hydrogen (secondary N) is 1. The summed E-state index contributed by atoms with van der Waals surface area (Å²) in [7, 11) is 0. The van der Waals surface area contributed by atoms with Crippen molar-refractivity contribution in [2.45, 2.75) is 13.5 Å². The van der Waals surface area contributed by atoms with Crippen molar-refractivity contribution in [3.63, 3.8) is 0 Å². The lowest BCUT2D eigenvalue weighted by molar-refractivity contribution is 0.727. The van der Waals surface area contributed by atoms with E-state index in [0.717, 1.165) is 13.1 Å². The Morgan fingerprint density at radius 1 is 1.38 bits per heavy atom. The van der Waals surface area contributed by atoms with Crippen LogP contribution in [0, 0.1) is 0 Å². The first-order chi connectivity index (χ1) is 6.40. The Hall–Kier alpha value is -1.28. The number of rotatable bonds is 3. The maximum absolute atomic E-state index is 3.31. The number of fused-ring (bicyclic) bond motifs is 1. The molecule has 1 N–H and O–H groups in total. The molecule has 0 unspecified atom stereocenters. The molecule has 0 atom stereocenters. The number of pyridine rings is 1. The molecular weight excluding hydrogens is 160 g/mol. The van der Waals surface area contributed by atoms with Gasteiger partial charge < -0.3 is 9.72 Å². The summed E-state index contributed by atoms with van der Waals surface area (Å²) in [6.07, 6.45) is 4.24. The van der Waals surface area contributed by atoms with Gasteiger partial charge in [-0.1, -0.05) is 13.0 Å². The van der Waals surface area contributed by atoms with E-state index >= 15 is 0 Å². The highest BCUT2D eigenvalue weighted by Gasteiger charge is 1.96. The maximum atomic E-state index is 3.31. The van der Waals surface area contributed by atoms with Gasteiger partial charge in [0.2, 0.25) is 0 Å². The van der Waals surface area contributed by atoms with Crippen LogP contribution in [0.3, 0.4) is 0 Å². The number of nitrogens with zero attached hydrogens (tertiary/aromatic N) is 1. The van der Waals surface area contributed by atoms with E-state index in [-0.39, 0.29) is 0 Å². The molecule has 2 aromatic rings. The minimum atomic E-state index is 0.957. The lowest BCUT2D eigenvalue weighted by Gasteiger charge is -1.95. The van der Waals surface area contributed by atoms with Crippen molar-refractivity contribution in [1.82, 2.24) is 9.72 Å². The first-order valence-corrected chi connectivity index (χ1v) is 4.66. The number of hydrogen-bond donors (Lipinski definition) is 1. The van der Waals surface area contributed by atoms with Gasteiger partial charge in [-0.2, -0.15) is 0 Å². The summed E-state index contributed by atoms with van der Waals surface area (Å²) in [5.74, 6) is 0. The molecule has 0 aliphatic rings. The van der Waals surface area contributed by atoms with Crippen molar-refractivity contribution >= 4 is 5.52 Å². The standard InChI is InChI=1S/C11H14N2/c1-2-12-8-10-7-11-5-3-4-6-13(11)9-10/h3-7,9,12H,2,8H2,1H3. The third kappa shape index (κ3) is 1.73. The summed E-state index contributed by atoms with van der Waals surface area (Å²) in [5, 5.41) is 3.31. The smallest absolute Gasteiger partial charge is 0.0453 e. The van der Waals surface area contributed by atoms with Crippen LogP contribution in [-0.2, 0) is 6.54 Å². The lowest BCUT2D eigenvalue weighted by atomic mass is 10.3. The van der Waals surface area contributed by atoms with Crippen molar-refractivity contribution in [1.29, 1.82) is 0 Å². The van der Waals surface area contributed by atoms with Crippen LogP contribution in [0.25, 0.3) is 5.52 Å². The second kappa shape index (κ2) is 3.62. The van der Waals surface area contributed by atoms with Gasteiger partial charge in [-0.15, -0.1) is 0 Å². The quantitative estimate of drug-likeness (QED) is 0.753. The van der Waals surface area contributed by atoms with Crippen LogP contribution < -0.4 is 5.32 Å². The minimum Gasteiger partial charge on any atom is -0.324 e. The van der Waals surface area contributed by atoms with Gasteiger partial charge in [-0.05, 0) is 30.3 Å². The molecule has 2 heterocycles. The summed E-state index contributed by atoms with van der Waals surface area (Å²) >= 11 is 0. The zero-order valence-electron chi connectivity index (χ0n) is 7.83. The molecule has 0 saturated carbocycles. The molecule has 2 nitrogen and oxygen atoms in total. The Bertz CT molecular complexity index is 357. The van der Waals surface area contributed by atoms with Crippen molar-refractivity contribution in [2.75, 3.05) is 6.54 Å². The van der Waals surface area contributed by atoms with Gasteiger partial charge in [0, 0.05) is 24.5 Å². The highest BCUT2D eigenvalue weighted by molar-refractivity contribution is 5.50. The zero-order valence-corrected chi connectivity index (χ0v) is 7.83. The minimum absolute atomic E-state index is 0.957. The molecule has 0 aromatic carbocycles. The van der Waals surface area contributed by atoms with Crippen LogP contribution in [0.5, 0.6) is 0 Å². The SMILES string of the molecule is CCNCc1cc2ccccn2c1. The Kier molecular flexibility index (Phi) is 2.32. The molecule has 0 spiro atoms. The molecule has 2 rings (SSSR count). The van der Waals surface area contributed by atoms with Gasteiger partial charge in [0.15, 0.2) is 0 Å². The third-order valence-electron chi connectivity index (χ3n) is 2.14. The maximum Gasteiger partial charge on any atom is 0.0453 e. The summed E-state index contributed by atoms with van der Waals surface area (Å²) < 4.78 is 2.15. The average Bonchev–Trinajstić information content (AvgIpc) is 2.57. The molecule has 0 aliphatic carbocycles. The second-order valence-corrected chi connectivity index (χ2v) is 3.16. The lowest BCUT2D eigenvalue weighted by Crippen LogP contribution is -2.10. The topological polar surface area (TPSA) is 16.4 Å². The molecule has 0 radical (unpaired) electrons. The molecule has 0 fully saturated rings. The summed E-state index contributed by atoms with van der Waals surface area (Å²) in [6.45, 7) is 4.10. The normalized spacial score (nSPS) is 10.8. The van der Waals surface area contributed by atoms with E-state index in [4.69, 9.17) is 0 Å². The predicted octanol–water partition coefficient (Wildman–Crippen LogP) is 2.05. The molecule has 2 aromatic heterocycles. The highest BCUT2D eigenvalue weighted by atomic mass is 14.9. The van der Waals surface area contributed by atoms with Gasteiger partial charge in [-0.25, -0.2) is 0 Å². The Balaban J connectivity index is 2.28. The van der Waals surface area contributed by atoms with E-state index in [0.29, 0.717) is 0 Å². The van der Waals surface area contributed by atoms with E-state index in [1.807, 2.05) is 6.07 Å². The van der Waals surface area contributed by atoms with Crippen LogP contribution in [0.15, 0.2) is 36.7 Å². The molecule has 68 valence electrons. The third-order valence-corrected chi connectivity index (χ3v) is 2.14. The summed E-state index contributed by atoms with van der Waals surface area (Å²) in [4.78, 5) is 0. The Morgan fingerprint density at radius 2 is 2.31 bits per heavy atom.